The van der Waals surface area contributed by atoms with Crippen molar-refractivity contribution in [3.05, 3.63) is 34.9 Å². The van der Waals surface area contributed by atoms with E-state index in [1.165, 1.54) is 31.2 Å². The Bertz CT molecular complexity index is 431. The summed E-state index contributed by atoms with van der Waals surface area (Å²) in [6.07, 6.45) is 5.09. The predicted octanol–water partition coefficient (Wildman–Crippen LogP) is 4.41. The summed E-state index contributed by atoms with van der Waals surface area (Å²) in [5.41, 5.74) is 2.22. The number of nitrogens with one attached hydrogen (secondary N) is 1. The molecule has 0 bridgehead atoms. The van der Waals surface area contributed by atoms with Crippen LogP contribution in [-0.4, -0.2) is 26.8 Å². The lowest BCUT2D eigenvalue weighted by Gasteiger charge is -2.57. The molecule has 0 atom stereocenters. The molecule has 0 unspecified atom stereocenters. The van der Waals surface area contributed by atoms with E-state index in [2.05, 4.69) is 31.3 Å². The first-order valence-corrected chi connectivity index (χ1v) is 8.43. The molecule has 0 spiro atoms. The molecule has 0 aliphatic heterocycles. The standard InChI is InChI=1S/C18H28ClNO/c1-4-17(5-2)12-18(13-17,14-20-10-11-21-3)15-6-8-16(19)9-7-15/h6-9,20H,4-5,10-14H2,1-3H3. The second-order valence-corrected chi connectivity index (χ2v) is 6.95. The second-order valence-electron chi connectivity index (χ2n) is 6.52. The molecule has 2 rings (SSSR count). The number of hydrogen-bond donors (Lipinski definition) is 1. The van der Waals surface area contributed by atoms with Crippen LogP contribution in [0.15, 0.2) is 24.3 Å². The quantitative estimate of drug-likeness (QED) is 0.718. The minimum absolute atomic E-state index is 0.268. The number of hydrogen-bond acceptors (Lipinski definition) is 2. The molecule has 3 heteroatoms. The summed E-state index contributed by atoms with van der Waals surface area (Å²) < 4.78 is 5.13. The SMILES string of the molecule is CCC1(CC)CC(CNCCOC)(c2ccc(Cl)cc2)C1. The van der Waals surface area contributed by atoms with Crippen molar-refractivity contribution < 1.29 is 4.74 Å². The minimum Gasteiger partial charge on any atom is -0.383 e. The highest BCUT2D eigenvalue weighted by Crippen LogP contribution is 2.59. The van der Waals surface area contributed by atoms with Gasteiger partial charge in [-0.1, -0.05) is 50.4 Å². The molecule has 1 aromatic rings. The maximum atomic E-state index is 6.05. The van der Waals surface area contributed by atoms with E-state index in [0.29, 0.717) is 5.41 Å². The van der Waals surface area contributed by atoms with Crippen LogP contribution in [-0.2, 0) is 10.2 Å². The van der Waals surface area contributed by atoms with Crippen LogP contribution in [0.4, 0.5) is 0 Å². The van der Waals surface area contributed by atoms with Crippen LogP contribution < -0.4 is 5.32 Å². The highest BCUT2D eigenvalue weighted by Gasteiger charge is 2.52. The van der Waals surface area contributed by atoms with E-state index >= 15 is 0 Å². The van der Waals surface area contributed by atoms with Crippen LogP contribution in [0.3, 0.4) is 0 Å². The van der Waals surface area contributed by atoms with E-state index in [9.17, 15) is 0 Å². The smallest absolute Gasteiger partial charge is 0.0587 e. The molecular formula is C18H28ClNO. The summed E-state index contributed by atoms with van der Waals surface area (Å²) in [5.74, 6) is 0. The molecule has 1 fully saturated rings. The molecule has 0 aromatic heterocycles. The van der Waals surface area contributed by atoms with Gasteiger partial charge in [-0.2, -0.15) is 0 Å². The molecule has 1 aliphatic carbocycles. The molecule has 0 amide bonds. The Hall–Kier alpha value is -0.570. The molecule has 0 heterocycles. The Balaban J connectivity index is 2.10. The fourth-order valence-electron chi connectivity index (χ4n) is 3.87. The Morgan fingerprint density at radius 1 is 1.14 bits per heavy atom. The summed E-state index contributed by atoms with van der Waals surface area (Å²) >= 11 is 6.05. The monoisotopic (exact) mass is 309 g/mol. The molecule has 0 saturated heterocycles. The van der Waals surface area contributed by atoms with E-state index in [1.54, 1.807) is 7.11 Å². The highest BCUT2D eigenvalue weighted by atomic mass is 35.5. The third-order valence-corrected chi connectivity index (χ3v) is 5.58. The summed E-state index contributed by atoms with van der Waals surface area (Å²) in [5, 5.41) is 4.39. The number of rotatable bonds is 8. The number of ether oxygens (including phenoxy) is 1. The Labute approximate surface area is 134 Å². The molecule has 1 saturated carbocycles. The third kappa shape index (κ3) is 3.61. The van der Waals surface area contributed by atoms with Crippen molar-refractivity contribution in [3.8, 4) is 0 Å². The summed E-state index contributed by atoms with van der Waals surface area (Å²) in [7, 11) is 1.75. The molecular weight excluding hydrogens is 282 g/mol. The van der Waals surface area contributed by atoms with Gasteiger partial charge in [0.25, 0.3) is 0 Å². The molecule has 1 aliphatic rings. The van der Waals surface area contributed by atoms with Gasteiger partial charge in [0.05, 0.1) is 6.61 Å². The van der Waals surface area contributed by atoms with Crippen molar-refractivity contribution in [3.63, 3.8) is 0 Å². The molecule has 0 radical (unpaired) electrons. The fraction of sp³-hybridized carbons (Fsp3) is 0.667. The molecule has 2 nitrogen and oxygen atoms in total. The first-order valence-electron chi connectivity index (χ1n) is 8.05. The van der Waals surface area contributed by atoms with Gasteiger partial charge in [-0.25, -0.2) is 0 Å². The lowest BCUT2D eigenvalue weighted by molar-refractivity contribution is 0.0122. The zero-order chi connectivity index (χ0) is 15.3. The lowest BCUT2D eigenvalue weighted by atomic mass is 9.48. The average molecular weight is 310 g/mol. The van der Waals surface area contributed by atoms with E-state index in [0.717, 1.165) is 24.7 Å². The van der Waals surface area contributed by atoms with Gasteiger partial charge in [0.15, 0.2) is 0 Å². The third-order valence-electron chi connectivity index (χ3n) is 5.33. The normalized spacial score (nSPS) is 19.2. The van der Waals surface area contributed by atoms with Gasteiger partial charge in [-0.05, 0) is 36.0 Å². The van der Waals surface area contributed by atoms with Crippen LogP contribution in [0.1, 0.15) is 45.1 Å². The van der Waals surface area contributed by atoms with E-state index < -0.39 is 0 Å². The maximum Gasteiger partial charge on any atom is 0.0587 e. The van der Waals surface area contributed by atoms with Crippen LogP contribution in [0.5, 0.6) is 0 Å². The van der Waals surface area contributed by atoms with Crippen molar-refractivity contribution >= 4 is 11.6 Å². The van der Waals surface area contributed by atoms with Gasteiger partial charge >= 0.3 is 0 Å². The van der Waals surface area contributed by atoms with Crippen molar-refractivity contribution in [2.24, 2.45) is 5.41 Å². The first-order chi connectivity index (χ1) is 10.1. The van der Waals surface area contributed by atoms with Crippen LogP contribution in [0.2, 0.25) is 5.02 Å². The zero-order valence-electron chi connectivity index (χ0n) is 13.5. The van der Waals surface area contributed by atoms with Gasteiger partial charge in [-0.3, -0.25) is 0 Å². The van der Waals surface area contributed by atoms with E-state index in [-0.39, 0.29) is 5.41 Å². The summed E-state index contributed by atoms with van der Waals surface area (Å²) in [6, 6.07) is 8.45. The fourth-order valence-corrected chi connectivity index (χ4v) is 4.00. The Morgan fingerprint density at radius 2 is 1.76 bits per heavy atom. The predicted molar refractivity (Wildman–Crippen MR) is 90.1 cm³/mol. The number of methoxy groups -OCH3 is 1. The van der Waals surface area contributed by atoms with Crippen molar-refractivity contribution in [2.75, 3.05) is 26.8 Å². The Kier molecular flexibility index (Phi) is 5.70. The minimum atomic E-state index is 0.268. The van der Waals surface area contributed by atoms with Crippen molar-refractivity contribution in [1.29, 1.82) is 0 Å². The average Bonchev–Trinajstić information content (AvgIpc) is 2.47. The van der Waals surface area contributed by atoms with Crippen LogP contribution in [0, 0.1) is 5.41 Å². The van der Waals surface area contributed by atoms with Gasteiger partial charge < -0.3 is 10.1 Å². The van der Waals surface area contributed by atoms with Crippen molar-refractivity contribution in [2.45, 2.75) is 44.9 Å². The molecule has 21 heavy (non-hydrogen) atoms. The largest absolute Gasteiger partial charge is 0.383 e. The first kappa shape index (κ1) is 16.8. The maximum absolute atomic E-state index is 6.05. The van der Waals surface area contributed by atoms with Gasteiger partial charge in [0, 0.05) is 30.6 Å². The number of benzene rings is 1. The van der Waals surface area contributed by atoms with Crippen molar-refractivity contribution in [1.82, 2.24) is 5.32 Å². The van der Waals surface area contributed by atoms with Gasteiger partial charge in [0.1, 0.15) is 0 Å². The van der Waals surface area contributed by atoms with Gasteiger partial charge in [-0.15, -0.1) is 0 Å². The zero-order valence-corrected chi connectivity index (χ0v) is 14.3. The highest BCUT2D eigenvalue weighted by molar-refractivity contribution is 6.30. The Morgan fingerprint density at radius 3 is 2.29 bits per heavy atom. The van der Waals surface area contributed by atoms with Crippen LogP contribution >= 0.6 is 11.6 Å². The lowest BCUT2D eigenvalue weighted by Crippen LogP contribution is -2.54. The second kappa shape index (κ2) is 7.13. The summed E-state index contributed by atoms with van der Waals surface area (Å²) in [4.78, 5) is 0. The molecule has 1 aromatic carbocycles. The van der Waals surface area contributed by atoms with Crippen LogP contribution in [0.25, 0.3) is 0 Å². The topological polar surface area (TPSA) is 21.3 Å². The van der Waals surface area contributed by atoms with E-state index in [1.807, 2.05) is 12.1 Å². The summed E-state index contributed by atoms with van der Waals surface area (Å²) in [6.45, 7) is 7.36. The van der Waals surface area contributed by atoms with Gasteiger partial charge in [0.2, 0.25) is 0 Å². The van der Waals surface area contributed by atoms with E-state index in [4.69, 9.17) is 16.3 Å². The number of halogens is 1. The molecule has 118 valence electrons. The molecule has 1 N–H and O–H groups in total.